The molecule has 0 saturated carbocycles. The summed E-state index contributed by atoms with van der Waals surface area (Å²) in [5.74, 6) is -0.0155. The third-order valence-electron chi connectivity index (χ3n) is 3.90. The van der Waals surface area contributed by atoms with Crippen LogP contribution < -0.4 is 0 Å². The number of pyridine rings is 1. The minimum Gasteiger partial charge on any atom is -0.289 e. The van der Waals surface area contributed by atoms with Crippen molar-refractivity contribution in [1.29, 1.82) is 0 Å². The van der Waals surface area contributed by atoms with Gasteiger partial charge in [-0.15, -0.1) is 11.3 Å². The lowest BCUT2D eigenvalue weighted by molar-refractivity contribution is 0.105. The number of thiazole rings is 1. The van der Waals surface area contributed by atoms with Crippen LogP contribution >= 0.6 is 22.9 Å². The lowest BCUT2D eigenvalue weighted by Gasteiger charge is -2.06. The van der Waals surface area contributed by atoms with Crippen molar-refractivity contribution in [3.05, 3.63) is 80.5 Å². The fraction of sp³-hybridized carbons (Fsp3) is 0.0556. The molecule has 5 heteroatoms. The van der Waals surface area contributed by atoms with E-state index < -0.39 is 0 Å². The van der Waals surface area contributed by atoms with Crippen molar-refractivity contribution < 1.29 is 4.79 Å². The van der Waals surface area contributed by atoms with Gasteiger partial charge in [0.25, 0.3) is 0 Å². The molecule has 0 amide bonds. The van der Waals surface area contributed by atoms with Gasteiger partial charge in [0.2, 0.25) is 0 Å². The summed E-state index contributed by atoms with van der Waals surface area (Å²) in [6.07, 6.45) is 3.42. The molecular weight excluding hydrogens is 328 g/mol. The van der Waals surface area contributed by atoms with Gasteiger partial charge in [-0.3, -0.25) is 9.78 Å². The highest BCUT2D eigenvalue weighted by Gasteiger charge is 2.33. The first-order valence-corrected chi connectivity index (χ1v) is 8.32. The highest BCUT2D eigenvalue weighted by molar-refractivity contribution is 7.11. The number of halogens is 1. The van der Waals surface area contributed by atoms with E-state index in [1.165, 1.54) is 0 Å². The number of rotatable bonds is 2. The molecule has 3 aromatic rings. The number of aromatic nitrogens is 2. The largest absolute Gasteiger partial charge is 0.289 e. The van der Waals surface area contributed by atoms with Gasteiger partial charge < -0.3 is 0 Å². The van der Waals surface area contributed by atoms with Gasteiger partial charge in [-0.05, 0) is 30.7 Å². The van der Waals surface area contributed by atoms with E-state index in [-0.39, 0.29) is 5.78 Å². The van der Waals surface area contributed by atoms with Gasteiger partial charge in [-0.1, -0.05) is 23.7 Å². The molecule has 2 aromatic heterocycles. The SMILES string of the molecule is Cc1ncsc1C1=C(c2cccnc2)C(=O)c2cc(Cl)ccc21. The Labute approximate surface area is 142 Å². The normalized spacial score (nSPS) is 13.6. The molecule has 4 rings (SSSR count). The maximum absolute atomic E-state index is 13.0. The number of nitrogens with zero attached hydrogens (tertiary/aromatic N) is 2. The number of carbonyl (C=O) groups excluding carboxylic acids is 1. The van der Waals surface area contributed by atoms with Crippen molar-refractivity contribution in [2.24, 2.45) is 0 Å². The van der Waals surface area contributed by atoms with E-state index in [9.17, 15) is 4.79 Å². The molecule has 0 atom stereocenters. The van der Waals surface area contributed by atoms with Crippen LogP contribution in [0.5, 0.6) is 0 Å². The molecule has 1 aliphatic carbocycles. The fourth-order valence-corrected chi connectivity index (χ4v) is 3.91. The summed E-state index contributed by atoms with van der Waals surface area (Å²) in [5, 5.41) is 0.560. The number of benzene rings is 1. The Kier molecular flexibility index (Phi) is 3.36. The Hall–Kier alpha value is -2.30. The summed E-state index contributed by atoms with van der Waals surface area (Å²) in [6, 6.07) is 9.20. The van der Waals surface area contributed by atoms with Gasteiger partial charge in [-0.25, -0.2) is 4.98 Å². The van der Waals surface area contributed by atoms with Gasteiger partial charge in [-0.2, -0.15) is 0 Å². The molecule has 0 fully saturated rings. The topological polar surface area (TPSA) is 42.9 Å². The number of hydrogen-bond acceptors (Lipinski definition) is 4. The van der Waals surface area contributed by atoms with Crippen molar-refractivity contribution >= 4 is 39.9 Å². The van der Waals surface area contributed by atoms with Crippen LogP contribution in [0.4, 0.5) is 0 Å². The summed E-state index contributed by atoms with van der Waals surface area (Å²) in [5.41, 5.74) is 6.67. The molecule has 0 aliphatic heterocycles. The molecule has 0 spiro atoms. The van der Waals surface area contributed by atoms with Crippen LogP contribution in [-0.2, 0) is 0 Å². The highest BCUT2D eigenvalue weighted by Crippen LogP contribution is 2.44. The van der Waals surface area contributed by atoms with E-state index in [1.54, 1.807) is 35.3 Å². The third-order valence-corrected chi connectivity index (χ3v) is 5.08. The molecule has 0 radical (unpaired) electrons. The number of Topliss-reactive ketones (excluding diaryl/α,β-unsaturated/α-hetero) is 1. The van der Waals surface area contributed by atoms with Gasteiger partial charge in [0.1, 0.15) is 0 Å². The molecule has 1 aliphatic rings. The lowest BCUT2D eigenvalue weighted by Crippen LogP contribution is -1.98. The van der Waals surface area contributed by atoms with Crippen LogP contribution in [0.2, 0.25) is 5.02 Å². The number of hydrogen-bond donors (Lipinski definition) is 0. The van der Waals surface area contributed by atoms with Crippen LogP contribution in [-0.4, -0.2) is 15.8 Å². The highest BCUT2D eigenvalue weighted by atomic mass is 35.5. The second-order valence-corrected chi connectivity index (χ2v) is 6.57. The molecule has 2 heterocycles. The van der Waals surface area contributed by atoms with Crippen molar-refractivity contribution in [3.8, 4) is 0 Å². The Balaban J connectivity index is 2.06. The maximum atomic E-state index is 13.0. The first kappa shape index (κ1) is 14.3. The van der Waals surface area contributed by atoms with E-state index in [0.717, 1.165) is 27.3 Å². The first-order chi connectivity index (χ1) is 11.2. The zero-order chi connectivity index (χ0) is 16.0. The van der Waals surface area contributed by atoms with Crippen molar-refractivity contribution in [2.75, 3.05) is 0 Å². The van der Waals surface area contributed by atoms with E-state index in [1.807, 2.05) is 31.2 Å². The fourth-order valence-electron chi connectivity index (χ4n) is 2.87. The van der Waals surface area contributed by atoms with E-state index in [2.05, 4.69) is 9.97 Å². The van der Waals surface area contributed by atoms with Crippen LogP contribution in [0, 0.1) is 6.92 Å². The summed E-state index contributed by atoms with van der Waals surface area (Å²) in [6.45, 7) is 1.96. The molecular formula is C18H11ClN2OS. The third kappa shape index (κ3) is 2.22. The second-order valence-electron chi connectivity index (χ2n) is 5.28. The predicted molar refractivity (Wildman–Crippen MR) is 92.8 cm³/mol. The Bertz CT molecular complexity index is 960. The molecule has 23 heavy (non-hydrogen) atoms. The minimum atomic E-state index is -0.0155. The number of ketones is 1. The van der Waals surface area contributed by atoms with Crippen LogP contribution in [0.25, 0.3) is 11.1 Å². The summed E-state index contributed by atoms with van der Waals surface area (Å²) >= 11 is 7.63. The smallest absolute Gasteiger partial charge is 0.195 e. The maximum Gasteiger partial charge on any atom is 0.195 e. The molecule has 0 saturated heterocycles. The van der Waals surface area contributed by atoms with Gasteiger partial charge in [0, 0.05) is 39.7 Å². The zero-order valence-electron chi connectivity index (χ0n) is 12.2. The Morgan fingerprint density at radius 1 is 1.13 bits per heavy atom. The van der Waals surface area contributed by atoms with Gasteiger partial charge >= 0.3 is 0 Å². The van der Waals surface area contributed by atoms with Gasteiger partial charge in [0.15, 0.2) is 5.78 Å². The first-order valence-electron chi connectivity index (χ1n) is 7.06. The predicted octanol–water partition coefficient (Wildman–Crippen LogP) is 4.66. The molecule has 112 valence electrons. The number of fused-ring (bicyclic) bond motifs is 1. The molecule has 0 N–H and O–H groups in total. The molecule has 1 aromatic carbocycles. The number of aryl methyl sites for hydroxylation is 1. The minimum absolute atomic E-state index is 0.0155. The average molecular weight is 339 g/mol. The van der Waals surface area contributed by atoms with E-state index in [0.29, 0.717) is 16.2 Å². The molecule has 0 unspecified atom stereocenters. The molecule has 0 bridgehead atoms. The van der Waals surface area contributed by atoms with Crippen molar-refractivity contribution in [2.45, 2.75) is 6.92 Å². The second kappa shape index (κ2) is 5.41. The number of carbonyl (C=O) groups is 1. The zero-order valence-corrected chi connectivity index (χ0v) is 13.8. The van der Waals surface area contributed by atoms with Crippen molar-refractivity contribution in [3.63, 3.8) is 0 Å². The lowest BCUT2D eigenvalue weighted by atomic mass is 9.99. The van der Waals surface area contributed by atoms with Crippen molar-refractivity contribution in [1.82, 2.24) is 9.97 Å². The molecule has 3 nitrogen and oxygen atoms in total. The van der Waals surface area contributed by atoms with Crippen LogP contribution in [0.3, 0.4) is 0 Å². The average Bonchev–Trinajstić information content (AvgIpc) is 3.10. The van der Waals surface area contributed by atoms with Gasteiger partial charge in [0.05, 0.1) is 16.1 Å². The van der Waals surface area contributed by atoms with Crippen LogP contribution in [0.15, 0.2) is 48.2 Å². The summed E-state index contributed by atoms with van der Waals surface area (Å²) in [7, 11) is 0. The summed E-state index contributed by atoms with van der Waals surface area (Å²) < 4.78 is 0. The van der Waals surface area contributed by atoms with E-state index in [4.69, 9.17) is 11.6 Å². The summed E-state index contributed by atoms with van der Waals surface area (Å²) in [4.78, 5) is 22.5. The van der Waals surface area contributed by atoms with Crippen LogP contribution in [0.1, 0.15) is 32.1 Å². The standard InChI is InChI=1S/C18H11ClN2OS/c1-10-18(23-9-21-10)16-13-5-4-12(19)7-14(13)17(22)15(16)11-3-2-6-20-8-11/h2-9H,1H3. The monoisotopic (exact) mass is 338 g/mol. The number of allylic oxidation sites excluding steroid dienone is 1. The van der Waals surface area contributed by atoms with E-state index >= 15 is 0 Å². The Morgan fingerprint density at radius 3 is 2.70 bits per heavy atom. The quantitative estimate of drug-likeness (QED) is 0.682. The Morgan fingerprint density at radius 2 is 2.00 bits per heavy atom.